The Morgan fingerprint density at radius 3 is 2.67 bits per heavy atom. The fourth-order valence-corrected chi connectivity index (χ4v) is 2.32. The van der Waals surface area contributed by atoms with Crippen molar-refractivity contribution in [3.8, 4) is 0 Å². The van der Waals surface area contributed by atoms with Crippen LogP contribution in [-0.4, -0.2) is 37.1 Å². The van der Waals surface area contributed by atoms with Crippen LogP contribution >= 0.6 is 0 Å². The first-order valence-corrected chi connectivity index (χ1v) is 6.53. The van der Waals surface area contributed by atoms with Gasteiger partial charge in [0, 0.05) is 25.2 Å². The molecule has 2 atom stereocenters. The maximum atomic E-state index is 3.70. The predicted octanol–water partition coefficient (Wildman–Crippen LogP) is 2.49. The molecule has 0 spiro atoms. The summed E-state index contributed by atoms with van der Waals surface area (Å²) in [6.45, 7) is 9.20. The van der Waals surface area contributed by atoms with Gasteiger partial charge in [-0.05, 0) is 39.7 Å². The molecule has 1 rings (SSSR count). The van der Waals surface area contributed by atoms with Crippen LogP contribution in [0.15, 0.2) is 0 Å². The molecule has 0 aromatic heterocycles. The van der Waals surface area contributed by atoms with Crippen molar-refractivity contribution in [1.29, 1.82) is 0 Å². The van der Waals surface area contributed by atoms with E-state index in [2.05, 4.69) is 38.0 Å². The van der Waals surface area contributed by atoms with Crippen molar-refractivity contribution in [3.63, 3.8) is 0 Å². The zero-order valence-electron chi connectivity index (χ0n) is 10.9. The number of rotatable bonds is 5. The largest absolute Gasteiger partial charge is 0.313 e. The summed E-state index contributed by atoms with van der Waals surface area (Å²) in [5.41, 5.74) is 0. The molecule has 1 N–H and O–H groups in total. The zero-order valence-corrected chi connectivity index (χ0v) is 10.9. The molecule has 1 fully saturated rings. The van der Waals surface area contributed by atoms with Gasteiger partial charge in [-0.25, -0.2) is 0 Å². The predicted molar refractivity (Wildman–Crippen MR) is 67.2 cm³/mol. The lowest BCUT2D eigenvalue weighted by Gasteiger charge is -2.29. The summed E-state index contributed by atoms with van der Waals surface area (Å²) >= 11 is 0. The molecule has 0 aromatic carbocycles. The van der Waals surface area contributed by atoms with Crippen LogP contribution in [0.5, 0.6) is 0 Å². The average Bonchev–Trinajstić information content (AvgIpc) is 2.17. The standard InChI is InChI=1S/C13H28N2/c1-11(2)15(4)9-8-14-13-7-5-6-12(3)10-13/h11-14H,5-10H2,1-4H3. The highest BCUT2D eigenvalue weighted by Crippen LogP contribution is 2.23. The Balaban J connectivity index is 2.09. The van der Waals surface area contributed by atoms with Gasteiger partial charge in [0.1, 0.15) is 0 Å². The van der Waals surface area contributed by atoms with Crippen molar-refractivity contribution >= 4 is 0 Å². The molecule has 0 radical (unpaired) electrons. The van der Waals surface area contributed by atoms with Crippen LogP contribution < -0.4 is 5.32 Å². The Kier molecular flexibility index (Phi) is 5.62. The normalized spacial score (nSPS) is 27.6. The fourth-order valence-electron chi connectivity index (χ4n) is 2.32. The molecule has 0 bridgehead atoms. The first-order chi connectivity index (χ1) is 7.09. The van der Waals surface area contributed by atoms with E-state index in [1.807, 2.05) is 0 Å². The van der Waals surface area contributed by atoms with Crippen molar-refractivity contribution in [2.75, 3.05) is 20.1 Å². The van der Waals surface area contributed by atoms with Gasteiger partial charge in [-0.3, -0.25) is 0 Å². The molecular weight excluding hydrogens is 184 g/mol. The van der Waals surface area contributed by atoms with Crippen molar-refractivity contribution in [3.05, 3.63) is 0 Å². The molecule has 90 valence electrons. The second-order valence-electron chi connectivity index (χ2n) is 5.50. The monoisotopic (exact) mass is 212 g/mol. The second-order valence-corrected chi connectivity index (χ2v) is 5.50. The van der Waals surface area contributed by atoms with Crippen LogP contribution in [-0.2, 0) is 0 Å². The second kappa shape index (κ2) is 6.49. The summed E-state index contributed by atoms with van der Waals surface area (Å²) in [5.74, 6) is 0.930. The minimum Gasteiger partial charge on any atom is -0.313 e. The van der Waals surface area contributed by atoms with Gasteiger partial charge in [-0.2, -0.15) is 0 Å². The highest BCUT2D eigenvalue weighted by Gasteiger charge is 2.17. The molecule has 0 heterocycles. The summed E-state index contributed by atoms with van der Waals surface area (Å²) in [6.07, 6.45) is 5.62. The van der Waals surface area contributed by atoms with Crippen LogP contribution in [0.4, 0.5) is 0 Å². The van der Waals surface area contributed by atoms with E-state index in [9.17, 15) is 0 Å². The Labute approximate surface area is 95.4 Å². The van der Waals surface area contributed by atoms with Gasteiger partial charge in [0.05, 0.1) is 0 Å². The Hall–Kier alpha value is -0.0800. The number of hydrogen-bond donors (Lipinski definition) is 1. The number of nitrogens with zero attached hydrogens (tertiary/aromatic N) is 1. The van der Waals surface area contributed by atoms with Crippen LogP contribution in [0.25, 0.3) is 0 Å². The molecule has 15 heavy (non-hydrogen) atoms. The Bertz CT molecular complexity index is 168. The molecule has 0 saturated heterocycles. The molecule has 2 heteroatoms. The summed E-state index contributed by atoms with van der Waals surface area (Å²) in [4.78, 5) is 2.40. The van der Waals surface area contributed by atoms with E-state index in [1.165, 1.54) is 32.2 Å². The van der Waals surface area contributed by atoms with E-state index >= 15 is 0 Å². The van der Waals surface area contributed by atoms with E-state index in [-0.39, 0.29) is 0 Å². The Morgan fingerprint density at radius 2 is 2.07 bits per heavy atom. The molecule has 2 unspecified atom stereocenters. The van der Waals surface area contributed by atoms with E-state index in [0.717, 1.165) is 18.5 Å². The average molecular weight is 212 g/mol. The van der Waals surface area contributed by atoms with Crippen molar-refractivity contribution in [2.45, 2.75) is 58.5 Å². The van der Waals surface area contributed by atoms with Crippen LogP contribution in [0.2, 0.25) is 0 Å². The maximum absolute atomic E-state index is 3.70. The molecule has 1 saturated carbocycles. The number of nitrogens with one attached hydrogen (secondary N) is 1. The van der Waals surface area contributed by atoms with Crippen LogP contribution in [0, 0.1) is 5.92 Å². The number of hydrogen-bond acceptors (Lipinski definition) is 2. The first kappa shape index (κ1) is 13.0. The van der Waals surface area contributed by atoms with Crippen LogP contribution in [0.1, 0.15) is 46.5 Å². The third kappa shape index (κ3) is 4.98. The van der Waals surface area contributed by atoms with Crippen molar-refractivity contribution < 1.29 is 0 Å². The van der Waals surface area contributed by atoms with Gasteiger partial charge in [0.25, 0.3) is 0 Å². The third-order valence-electron chi connectivity index (χ3n) is 3.72. The SMILES string of the molecule is CC1CCCC(NCCN(C)C(C)C)C1. The summed E-state index contributed by atoms with van der Waals surface area (Å²) in [5, 5.41) is 3.70. The van der Waals surface area contributed by atoms with Gasteiger partial charge in [-0.15, -0.1) is 0 Å². The zero-order chi connectivity index (χ0) is 11.3. The summed E-state index contributed by atoms with van der Waals surface area (Å²) in [6, 6.07) is 1.45. The van der Waals surface area contributed by atoms with E-state index in [4.69, 9.17) is 0 Å². The minimum absolute atomic E-state index is 0.664. The highest BCUT2D eigenvalue weighted by atomic mass is 15.1. The van der Waals surface area contributed by atoms with Crippen molar-refractivity contribution in [1.82, 2.24) is 10.2 Å². The smallest absolute Gasteiger partial charge is 0.0107 e. The maximum Gasteiger partial charge on any atom is 0.0107 e. The third-order valence-corrected chi connectivity index (χ3v) is 3.72. The molecule has 1 aliphatic rings. The molecular formula is C13H28N2. The highest BCUT2D eigenvalue weighted by molar-refractivity contribution is 4.76. The van der Waals surface area contributed by atoms with Gasteiger partial charge >= 0.3 is 0 Å². The quantitative estimate of drug-likeness (QED) is 0.753. The van der Waals surface area contributed by atoms with Gasteiger partial charge in [-0.1, -0.05) is 19.8 Å². The fraction of sp³-hybridized carbons (Fsp3) is 1.00. The molecule has 2 nitrogen and oxygen atoms in total. The lowest BCUT2D eigenvalue weighted by Crippen LogP contribution is -2.39. The lowest BCUT2D eigenvalue weighted by molar-refractivity contribution is 0.250. The van der Waals surface area contributed by atoms with Gasteiger partial charge in [0.15, 0.2) is 0 Å². The molecule has 1 aliphatic carbocycles. The number of likely N-dealkylation sites (N-methyl/N-ethyl adjacent to an activating group) is 1. The van der Waals surface area contributed by atoms with Gasteiger partial charge in [0.2, 0.25) is 0 Å². The van der Waals surface area contributed by atoms with E-state index in [1.54, 1.807) is 0 Å². The first-order valence-electron chi connectivity index (χ1n) is 6.53. The summed E-state index contributed by atoms with van der Waals surface area (Å²) < 4.78 is 0. The van der Waals surface area contributed by atoms with E-state index in [0.29, 0.717) is 6.04 Å². The van der Waals surface area contributed by atoms with E-state index < -0.39 is 0 Å². The Morgan fingerprint density at radius 1 is 1.33 bits per heavy atom. The topological polar surface area (TPSA) is 15.3 Å². The molecule has 0 aliphatic heterocycles. The summed E-state index contributed by atoms with van der Waals surface area (Å²) in [7, 11) is 2.20. The van der Waals surface area contributed by atoms with Crippen LogP contribution in [0.3, 0.4) is 0 Å². The van der Waals surface area contributed by atoms with Gasteiger partial charge < -0.3 is 10.2 Å². The molecule has 0 aromatic rings. The molecule has 0 amide bonds. The van der Waals surface area contributed by atoms with Crippen molar-refractivity contribution in [2.24, 2.45) is 5.92 Å². The minimum atomic E-state index is 0.664. The lowest BCUT2D eigenvalue weighted by atomic mass is 9.87.